The van der Waals surface area contributed by atoms with Crippen molar-refractivity contribution < 1.29 is 14.2 Å². The van der Waals surface area contributed by atoms with E-state index in [9.17, 15) is 9.50 Å². The van der Waals surface area contributed by atoms with Gasteiger partial charge in [-0.25, -0.2) is 4.39 Å². The van der Waals surface area contributed by atoms with Crippen LogP contribution in [0.5, 0.6) is 0 Å². The summed E-state index contributed by atoms with van der Waals surface area (Å²) in [7, 11) is 0. The van der Waals surface area contributed by atoms with Crippen LogP contribution in [0.4, 0.5) is 4.39 Å². The molecule has 1 heterocycles. The Balaban J connectivity index is 2.33. The minimum atomic E-state index is -0.779. The molecule has 1 aromatic rings. The zero-order valence-corrected chi connectivity index (χ0v) is 10.7. The second-order valence-electron chi connectivity index (χ2n) is 5.13. The normalized spacial score (nSPS) is 26.0. The summed E-state index contributed by atoms with van der Waals surface area (Å²) in [5.41, 5.74) is 6.84. The van der Waals surface area contributed by atoms with Gasteiger partial charge in [0.1, 0.15) is 5.82 Å². The summed E-state index contributed by atoms with van der Waals surface area (Å²) in [4.78, 5) is 0. The molecule has 2 rings (SSSR count). The molecule has 0 aliphatic carbocycles. The third kappa shape index (κ3) is 2.41. The molecule has 3 N–H and O–H groups in total. The Morgan fingerprint density at radius 3 is 2.94 bits per heavy atom. The van der Waals surface area contributed by atoms with E-state index in [4.69, 9.17) is 10.5 Å². The number of nitrogens with two attached hydrogens (primary N) is 1. The second-order valence-corrected chi connectivity index (χ2v) is 5.13. The van der Waals surface area contributed by atoms with E-state index in [0.717, 1.165) is 18.4 Å². The van der Waals surface area contributed by atoms with Crippen molar-refractivity contribution in [2.24, 2.45) is 11.1 Å². The lowest BCUT2D eigenvalue weighted by molar-refractivity contribution is -0.0784. The third-order valence-corrected chi connectivity index (χ3v) is 3.88. The minimum Gasteiger partial charge on any atom is -0.388 e. The van der Waals surface area contributed by atoms with Gasteiger partial charge in [-0.05, 0) is 43.0 Å². The van der Waals surface area contributed by atoms with Gasteiger partial charge in [0.15, 0.2) is 0 Å². The van der Waals surface area contributed by atoms with Crippen LogP contribution in [0.1, 0.15) is 30.1 Å². The molecule has 0 bridgehead atoms. The lowest BCUT2D eigenvalue weighted by atomic mass is 9.74. The molecule has 0 radical (unpaired) electrons. The molecule has 3 nitrogen and oxygen atoms in total. The number of rotatable bonds is 3. The molecule has 0 spiro atoms. The van der Waals surface area contributed by atoms with Gasteiger partial charge >= 0.3 is 0 Å². The number of aryl methyl sites for hydroxylation is 1. The number of benzene rings is 1. The van der Waals surface area contributed by atoms with Crippen molar-refractivity contribution in [2.45, 2.75) is 25.9 Å². The predicted octanol–water partition coefficient (Wildman–Crippen LogP) is 1.92. The Bertz CT molecular complexity index is 416. The molecule has 0 aromatic heterocycles. The van der Waals surface area contributed by atoms with E-state index in [-0.39, 0.29) is 5.82 Å². The molecular weight excluding hydrogens is 233 g/mol. The zero-order valence-electron chi connectivity index (χ0n) is 10.7. The Morgan fingerprint density at radius 2 is 2.33 bits per heavy atom. The molecule has 2 atom stereocenters. The van der Waals surface area contributed by atoms with Crippen LogP contribution in [0, 0.1) is 18.2 Å². The summed E-state index contributed by atoms with van der Waals surface area (Å²) in [5, 5.41) is 10.6. The maximum atomic E-state index is 13.3. The summed E-state index contributed by atoms with van der Waals surface area (Å²) in [6.45, 7) is 3.34. The van der Waals surface area contributed by atoms with Crippen molar-refractivity contribution in [3.05, 3.63) is 35.1 Å². The Labute approximate surface area is 107 Å². The van der Waals surface area contributed by atoms with E-state index < -0.39 is 11.5 Å². The van der Waals surface area contributed by atoms with Crippen LogP contribution >= 0.6 is 0 Å². The quantitative estimate of drug-likeness (QED) is 0.865. The molecule has 0 saturated carbocycles. The topological polar surface area (TPSA) is 55.5 Å². The third-order valence-electron chi connectivity index (χ3n) is 3.88. The van der Waals surface area contributed by atoms with Crippen molar-refractivity contribution in [3.8, 4) is 0 Å². The standard InChI is InChI=1S/C14H20FNO2/c1-10-3-4-11(15)7-12(10)13(17)14(8-16)5-2-6-18-9-14/h3-4,7,13,17H,2,5-6,8-9,16H2,1H3. The number of hydrogen-bond acceptors (Lipinski definition) is 3. The van der Waals surface area contributed by atoms with Crippen LogP contribution in [0.15, 0.2) is 18.2 Å². The van der Waals surface area contributed by atoms with Crippen LogP contribution in [0.2, 0.25) is 0 Å². The predicted molar refractivity (Wildman–Crippen MR) is 67.6 cm³/mol. The fourth-order valence-electron chi connectivity index (χ4n) is 2.60. The first-order valence-electron chi connectivity index (χ1n) is 6.31. The first-order chi connectivity index (χ1) is 8.59. The van der Waals surface area contributed by atoms with Gasteiger partial charge in [-0.2, -0.15) is 0 Å². The van der Waals surface area contributed by atoms with Crippen molar-refractivity contribution in [2.75, 3.05) is 19.8 Å². The zero-order chi connectivity index (χ0) is 13.2. The van der Waals surface area contributed by atoms with Gasteiger partial charge in [-0.3, -0.25) is 0 Å². The second kappa shape index (κ2) is 5.34. The first-order valence-corrected chi connectivity index (χ1v) is 6.31. The fraction of sp³-hybridized carbons (Fsp3) is 0.571. The van der Waals surface area contributed by atoms with Crippen LogP contribution in [-0.2, 0) is 4.74 Å². The molecule has 1 aliphatic heterocycles. The molecule has 1 aliphatic rings. The van der Waals surface area contributed by atoms with Gasteiger partial charge in [0.05, 0.1) is 12.7 Å². The van der Waals surface area contributed by atoms with Gasteiger partial charge < -0.3 is 15.6 Å². The first kappa shape index (κ1) is 13.5. The van der Waals surface area contributed by atoms with E-state index in [1.165, 1.54) is 12.1 Å². The summed E-state index contributed by atoms with van der Waals surface area (Å²) >= 11 is 0. The summed E-state index contributed by atoms with van der Waals surface area (Å²) in [5.74, 6) is -0.335. The van der Waals surface area contributed by atoms with E-state index in [2.05, 4.69) is 0 Å². The van der Waals surface area contributed by atoms with Gasteiger partial charge in [-0.15, -0.1) is 0 Å². The van der Waals surface area contributed by atoms with Gasteiger partial charge in [0.25, 0.3) is 0 Å². The average Bonchev–Trinajstić information content (AvgIpc) is 2.41. The number of aliphatic hydroxyl groups is 1. The highest BCUT2D eigenvalue weighted by molar-refractivity contribution is 5.30. The van der Waals surface area contributed by atoms with Crippen LogP contribution < -0.4 is 5.73 Å². The monoisotopic (exact) mass is 253 g/mol. The Morgan fingerprint density at radius 1 is 1.56 bits per heavy atom. The summed E-state index contributed by atoms with van der Waals surface area (Å²) in [6.07, 6.45) is 0.905. The van der Waals surface area contributed by atoms with Crippen LogP contribution in [0.25, 0.3) is 0 Å². The maximum absolute atomic E-state index is 13.3. The van der Waals surface area contributed by atoms with Gasteiger partial charge in [-0.1, -0.05) is 6.07 Å². The van der Waals surface area contributed by atoms with E-state index in [1.807, 2.05) is 6.92 Å². The lowest BCUT2D eigenvalue weighted by Gasteiger charge is -2.40. The number of ether oxygens (including phenoxy) is 1. The number of hydrogen-bond donors (Lipinski definition) is 2. The van der Waals surface area contributed by atoms with Crippen LogP contribution in [0.3, 0.4) is 0 Å². The molecular formula is C14H20FNO2. The number of aliphatic hydroxyl groups excluding tert-OH is 1. The fourth-order valence-corrected chi connectivity index (χ4v) is 2.60. The lowest BCUT2D eigenvalue weighted by Crippen LogP contribution is -2.43. The Kier molecular flexibility index (Phi) is 4.00. The maximum Gasteiger partial charge on any atom is 0.123 e. The smallest absolute Gasteiger partial charge is 0.123 e. The van der Waals surface area contributed by atoms with E-state index in [0.29, 0.717) is 25.3 Å². The highest BCUT2D eigenvalue weighted by Gasteiger charge is 2.40. The molecule has 1 fully saturated rings. The van der Waals surface area contributed by atoms with Crippen LogP contribution in [-0.4, -0.2) is 24.9 Å². The van der Waals surface area contributed by atoms with Crippen molar-refractivity contribution in [1.29, 1.82) is 0 Å². The summed E-state index contributed by atoms with van der Waals surface area (Å²) in [6, 6.07) is 4.48. The van der Waals surface area contributed by atoms with Gasteiger partial charge in [0, 0.05) is 18.6 Å². The van der Waals surface area contributed by atoms with Crippen molar-refractivity contribution >= 4 is 0 Å². The molecule has 0 amide bonds. The molecule has 1 saturated heterocycles. The average molecular weight is 253 g/mol. The Hall–Kier alpha value is -0.970. The molecule has 1 aromatic carbocycles. The SMILES string of the molecule is Cc1ccc(F)cc1C(O)C1(CN)CCCOC1. The summed E-state index contributed by atoms with van der Waals surface area (Å²) < 4.78 is 18.8. The van der Waals surface area contributed by atoms with Gasteiger partial charge in [0.2, 0.25) is 0 Å². The molecule has 4 heteroatoms. The highest BCUT2D eigenvalue weighted by Crippen LogP contribution is 2.41. The van der Waals surface area contributed by atoms with Crippen molar-refractivity contribution in [1.82, 2.24) is 0 Å². The number of halogens is 1. The van der Waals surface area contributed by atoms with E-state index in [1.54, 1.807) is 6.07 Å². The highest BCUT2D eigenvalue weighted by atomic mass is 19.1. The molecule has 2 unspecified atom stereocenters. The minimum absolute atomic E-state index is 0.335. The van der Waals surface area contributed by atoms with Crippen molar-refractivity contribution in [3.63, 3.8) is 0 Å². The molecule has 100 valence electrons. The largest absolute Gasteiger partial charge is 0.388 e. The molecule has 18 heavy (non-hydrogen) atoms. The van der Waals surface area contributed by atoms with E-state index >= 15 is 0 Å².